The summed E-state index contributed by atoms with van der Waals surface area (Å²) >= 11 is 0. The van der Waals surface area contributed by atoms with Gasteiger partial charge in [-0.2, -0.15) is 10.2 Å². The van der Waals surface area contributed by atoms with Crippen molar-refractivity contribution in [1.29, 1.82) is 0 Å². The molecule has 0 saturated heterocycles. The van der Waals surface area contributed by atoms with E-state index >= 15 is 0 Å². The standard InChI is InChI=1S/C39H72N3O8P/c1-6-8-10-11-12-13-14-15-16-17-18-21-24-28-37(43)47-34-36(35-49-51(45,46)48-33-32-42(3,4)5)50-38(44)29-25-22-19-20-23-27-31-39(40-41-39)30-26-9-7-2/h2,36H,6,8-35H2,1,3-5H3/p+1/t36-/m1/s1. The van der Waals surface area contributed by atoms with Crippen LogP contribution in [0.4, 0.5) is 0 Å². The molecule has 1 aliphatic heterocycles. The number of unbranched alkanes of at least 4 members (excludes halogenated alkanes) is 18. The van der Waals surface area contributed by atoms with Gasteiger partial charge in [-0.25, -0.2) is 4.57 Å². The number of rotatable bonds is 36. The van der Waals surface area contributed by atoms with E-state index in [4.69, 9.17) is 24.9 Å². The number of phosphoric ester groups is 1. The Morgan fingerprint density at radius 3 is 1.73 bits per heavy atom. The molecule has 0 spiro atoms. The summed E-state index contributed by atoms with van der Waals surface area (Å²) in [5, 5.41) is 8.48. The van der Waals surface area contributed by atoms with E-state index in [1.54, 1.807) is 0 Å². The number of phosphoric acid groups is 1. The molecule has 0 saturated carbocycles. The highest BCUT2D eigenvalue weighted by Crippen LogP contribution is 2.43. The molecule has 51 heavy (non-hydrogen) atoms. The zero-order valence-electron chi connectivity index (χ0n) is 32.8. The van der Waals surface area contributed by atoms with Crippen molar-refractivity contribution in [3.8, 4) is 12.3 Å². The van der Waals surface area contributed by atoms with Gasteiger partial charge >= 0.3 is 19.8 Å². The fourth-order valence-electron chi connectivity index (χ4n) is 5.80. The van der Waals surface area contributed by atoms with E-state index < -0.39 is 26.5 Å². The van der Waals surface area contributed by atoms with Gasteiger partial charge in [0.1, 0.15) is 19.8 Å². The molecule has 12 heteroatoms. The number of quaternary nitrogens is 1. The largest absolute Gasteiger partial charge is 0.472 e. The molecule has 0 radical (unpaired) electrons. The third kappa shape index (κ3) is 29.3. The molecule has 2 atom stereocenters. The Kier molecular flexibility index (Phi) is 26.5. The number of hydrogen-bond acceptors (Lipinski definition) is 9. The number of hydrogen-bond donors (Lipinski definition) is 1. The van der Waals surface area contributed by atoms with Crippen LogP contribution in [0.15, 0.2) is 10.2 Å². The molecule has 1 rings (SSSR count). The van der Waals surface area contributed by atoms with E-state index in [2.05, 4.69) is 23.1 Å². The second-order valence-corrected chi connectivity index (χ2v) is 16.7. The van der Waals surface area contributed by atoms with Crippen molar-refractivity contribution in [2.75, 3.05) is 47.5 Å². The van der Waals surface area contributed by atoms with Crippen LogP contribution in [0.1, 0.15) is 167 Å². The molecule has 1 heterocycles. The molecule has 0 fully saturated rings. The molecule has 1 N–H and O–H groups in total. The van der Waals surface area contributed by atoms with Crippen LogP contribution in [0.25, 0.3) is 0 Å². The van der Waals surface area contributed by atoms with E-state index in [0.717, 1.165) is 77.0 Å². The van der Waals surface area contributed by atoms with Gasteiger partial charge in [-0.1, -0.05) is 110 Å². The van der Waals surface area contributed by atoms with Crippen LogP contribution in [-0.2, 0) is 32.7 Å². The summed E-state index contributed by atoms with van der Waals surface area (Å²) in [6, 6.07) is 0. The molecule has 0 aromatic heterocycles. The molecular formula is C39H73N3O8P+. The van der Waals surface area contributed by atoms with E-state index in [-0.39, 0.29) is 37.7 Å². The van der Waals surface area contributed by atoms with Gasteiger partial charge in [0.15, 0.2) is 11.8 Å². The Morgan fingerprint density at radius 1 is 0.725 bits per heavy atom. The Labute approximate surface area is 310 Å². The van der Waals surface area contributed by atoms with Crippen LogP contribution in [0.3, 0.4) is 0 Å². The highest BCUT2D eigenvalue weighted by atomic mass is 31.2. The summed E-state index contributed by atoms with van der Waals surface area (Å²) in [7, 11) is 1.44. The Bertz CT molecular complexity index is 1040. The number of ether oxygens (including phenoxy) is 2. The Morgan fingerprint density at radius 2 is 1.22 bits per heavy atom. The minimum absolute atomic E-state index is 0.0217. The van der Waals surface area contributed by atoms with Crippen LogP contribution >= 0.6 is 7.82 Å². The van der Waals surface area contributed by atoms with E-state index in [9.17, 15) is 19.0 Å². The fourth-order valence-corrected chi connectivity index (χ4v) is 6.55. The Balaban J connectivity index is 2.32. The highest BCUT2D eigenvalue weighted by molar-refractivity contribution is 7.47. The SMILES string of the molecule is C#CCCCC1(CCCCCCCCC(=O)O[C@H](COC(=O)CCCCCCCCCCCCCCC)COP(=O)(O)OCC[N+](C)(C)C)N=N1. The van der Waals surface area contributed by atoms with Crippen molar-refractivity contribution in [2.24, 2.45) is 10.2 Å². The quantitative estimate of drug-likeness (QED) is 0.0221. The van der Waals surface area contributed by atoms with Crippen LogP contribution in [-0.4, -0.2) is 80.6 Å². The molecule has 0 amide bonds. The lowest BCUT2D eigenvalue weighted by molar-refractivity contribution is -0.870. The average Bonchev–Trinajstić information content (AvgIpc) is 3.84. The number of nitrogens with zero attached hydrogens (tertiary/aromatic N) is 3. The maximum absolute atomic E-state index is 12.7. The Hall–Kier alpha value is -1.83. The van der Waals surface area contributed by atoms with Gasteiger partial charge in [0.2, 0.25) is 0 Å². The lowest BCUT2D eigenvalue weighted by Crippen LogP contribution is -2.37. The van der Waals surface area contributed by atoms with Crippen molar-refractivity contribution < 1.29 is 42.1 Å². The van der Waals surface area contributed by atoms with Crippen LogP contribution in [0, 0.1) is 12.3 Å². The molecule has 11 nitrogen and oxygen atoms in total. The van der Waals surface area contributed by atoms with E-state index in [1.165, 1.54) is 64.2 Å². The van der Waals surface area contributed by atoms with Crippen LogP contribution < -0.4 is 0 Å². The lowest BCUT2D eigenvalue weighted by atomic mass is 9.98. The minimum Gasteiger partial charge on any atom is -0.462 e. The van der Waals surface area contributed by atoms with Gasteiger partial charge in [-0.05, 0) is 38.5 Å². The molecule has 0 bridgehead atoms. The van der Waals surface area contributed by atoms with Gasteiger partial charge in [-0.3, -0.25) is 18.6 Å². The molecular weight excluding hydrogens is 669 g/mol. The molecule has 0 aromatic carbocycles. The van der Waals surface area contributed by atoms with Crippen molar-refractivity contribution >= 4 is 19.8 Å². The van der Waals surface area contributed by atoms with Gasteiger partial charge in [0, 0.05) is 19.3 Å². The minimum atomic E-state index is -4.38. The zero-order chi connectivity index (χ0) is 37.7. The summed E-state index contributed by atoms with van der Waals surface area (Å²) in [5.41, 5.74) is -0.178. The fraction of sp³-hybridized carbons (Fsp3) is 0.897. The zero-order valence-corrected chi connectivity index (χ0v) is 33.6. The van der Waals surface area contributed by atoms with E-state index in [1.807, 2.05) is 21.1 Å². The maximum atomic E-state index is 12.7. The smallest absolute Gasteiger partial charge is 0.462 e. The highest BCUT2D eigenvalue weighted by Gasteiger charge is 2.38. The number of terminal acetylenes is 1. The summed E-state index contributed by atoms with van der Waals surface area (Å²) in [6.45, 7) is 2.11. The van der Waals surface area contributed by atoms with Gasteiger partial charge in [0.05, 0.1) is 27.7 Å². The van der Waals surface area contributed by atoms with Crippen molar-refractivity contribution in [3.05, 3.63) is 0 Å². The molecule has 0 aliphatic carbocycles. The molecule has 1 aliphatic rings. The third-order valence-electron chi connectivity index (χ3n) is 9.14. The number of esters is 2. The third-order valence-corrected chi connectivity index (χ3v) is 10.1. The molecule has 296 valence electrons. The van der Waals surface area contributed by atoms with Crippen molar-refractivity contribution in [2.45, 2.75) is 179 Å². The second-order valence-electron chi connectivity index (χ2n) is 15.3. The topological polar surface area (TPSA) is 133 Å². The first-order valence-corrected chi connectivity index (χ1v) is 21.5. The second kappa shape index (κ2) is 28.6. The van der Waals surface area contributed by atoms with Gasteiger partial charge in [0.25, 0.3) is 0 Å². The summed E-state index contributed by atoms with van der Waals surface area (Å²) in [4.78, 5) is 35.3. The normalized spacial score (nSPS) is 15.2. The van der Waals surface area contributed by atoms with Crippen molar-refractivity contribution in [3.63, 3.8) is 0 Å². The lowest BCUT2D eigenvalue weighted by Gasteiger charge is -2.24. The van der Waals surface area contributed by atoms with Gasteiger partial charge < -0.3 is 18.9 Å². The maximum Gasteiger partial charge on any atom is 0.472 e. The summed E-state index contributed by atoms with van der Waals surface area (Å²) in [5.74, 6) is 1.83. The van der Waals surface area contributed by atoms with Crippen LogP contribution in [0.2, 0.25) is 0 Å². The monoisotopic (exact) mass is 743 g/mol. The predicted octanol–water partition coefficient (Wildman–Crippen LogP) is 9.85. The van der Waals surface area contributed by atoms with Crippen LogP contribution in [0.5, 0.6) is 0 Å². The van der Waals surface area contributed by atoms with Gasteiger partial charge in [-0.15, -0.1) is 12.3 Å². The predicted molar refractivity (Wildman–Crippen MR) is 203 cm³/mol. The van der Waals surface area contributed by atoms with Crippen molar-refractivity contribution in [1.82, 2.24) is 0 Å². The first-order chi connectivity index (χ1) is 24.4. The average molecular weight is 743 g/mol. The number of carbonyl (C=O) groups excluding carboxylic acids is 2. The number of likely N-dealkylation sites (N-methyl/N-ethyl adjacent to an activating group) is 1. The summed E-state index contributed by atoms with van der Waals surface area (Å²) < 4.78 is 34.2. The number of carbonyl (C=O) groups is 2. The first kappa shape index (κ1) is 47.2. The van der Waals surface area contributed by atoms with E-state index in [0.29, 0.717) is 17.4 Å². The molecule has 0 aromatic rings. The molecule has 1 unspecified atom stereocenters. The summed E-state index contributed by atoms with van der Waals surface area (Å²) in [6.07, 6.45) is 30.1. The first-order valence-electron chi connectivity index (χ1n) is 20.1.